The molecule has 0 spiro atoms. The van der Waals surface area contributed by atoms with Crippen LogP contribution in [0.4, 0.5) is 18.9 Å². The topological polar surface area (TPSA) is 49.4 Å². The quantitative estimate of drug-likeness (QED) is 0.664. The predicted molar refractivity (Wildman–Crippen MR) is 76.5 cm³/mol. The second-order valence-electron chi connectivity index (χ2n) is 4.20. The summed E-state index contributed by atoms with van der Waals surface area (Å²) >= 11 is 5.88. The van der Waals surface area contributed by atoms with Gasteiger partial charge in [0.25, 0.3) is 5.91 Å². The Hall–Kier alpha value is -1.61. The number of carbonyl (C=O) groups is 2. The van der Waals surface area contributed by atoms with Crippen LogP contribution in [0.5, 0.6) is 0 Å². The first-order valence-corrected chi connectivity index (χ1v) is 7.13. The Balaban J connectivity index is 2.46. The SMILES string of the molecule is CC(=O)NC1CSC(=S)N(c2c(F)ccc(F)c2F)C1=O. The summed E-state index contributed by atoms with van der Waals surface area (Å²) in [6.07, 6.45) is 0. The van der Waals surface area contributed by atoms with Gasteiger partial charge in [-0.15, -0.1) is 0 Å². The van der Waals surface area contributed by atoms with Gasteiger partial charge in [0.2, 0.25) is 5.91 Å². The zero-order valence-electron chi connectivity index (χ0n) is 10.7. The molecule has 1 heterocycles. The van der Waals surface area contributed by atoms with Crippen molar-refractivity contribution in [3.63, 3.8) is 0 Å². The molecular weight excluding hydrogens is 325 g/mol. The Kier molecular flexibility index (Phi) is 4.52. The van der Waals surface area contributed by atoms with Gasteiger partial charge < -0.3 is 5.32 Å². The minimum absolute atomic E-state index is 0.106. The first-order chi connectivity index (χ1) is 9.82. The van der Waals surface area contributed by atoms with Crippen molar-refractivity contribution in [2.45, 2.75) is 13.0 Å². The van der Waals surface area contributed by atoms with Crippen molar-refractivity contribution in [1.29, 1.82) is 0 Å². The smallest absolute Gasteiger partial charge is 0.256 e. The van der Waals surface area contributed by atoms with Crippen LogP contribution in [0, 0.1) is 17.5 Å². The van der Waals surface area contributed by atoms with Crippen LogP contribution in [0.1, 0.15) is 6.92 Å². The van der Waals surface area contributed by atoms with Crippen LogP contribution >= 0.6 is 24.0 Å². The molecule has 1 aliphatic rings. The van der Waals surface area contributed by atoms with Gasteiger partial charge in [0.1, 0.15) is 16.0 Å². The summed E-state index contributed by atoms with van der Waals surface area (Å²) < 4.78 is 40.8. The van der Waals surface area contributed by atoms with Crippen LogP contribution in [-0.4, -0.2) is 27.9 Å². The molecule has 0 saturated carbocycles. The molecule has 1 saturated heterocycles. The second kappa shape index (κ2) is 6.02. The highest BCUT2D eigenvalue weighted by Crippen LogP contribution is 2.31. The maximum atomic E-state index is 13.8. The van der Waals surface area contributed by atoms with Crippen LogP contribution in [0.25, 0.3) is 0 Å². The number of nitrogens with one attached hydrogen (secondary N) is 1. The Bertz CT molecular complexity index is 639. The Morgan fingerprint density at radius 2 is 2.00 bits per heavy atom. The highest BCUT2D eigenvalue weighted by Gasteiger charge is 2.37. The van der Waals surface area contributed by atoms with E-state index in [1.807, 2.05) is 0 Å². The molecule has 1 atom stereocenters. The number of nitrogens with zero attached hydrogens (tertiary/aromatic N) is 1. The van der Waals surface area contributed by atoms with Crippen LogP contribution in [0.15, 0.2) is 12.1 Å². The van der Waals surface area contributed by atoms with E-state index in [1.165, 1.54) is 6.92 Å². The molecule has 2 amide bonds. The fourth-order valence-electron chi connectivity index (χ4n) is 1.81. The van der Waals surface area contributed by atoms with Gasteiger partial charge in [-0.25, -0.2) is 13.2 Å². The van der Waals surface area contributed by atoms with Gasteiger partial charge in [-0.2, -0.15) is 0 Å². The Morgan fingerprint density at radius 1 is 1.38 bits per heavy atom. The molecule has 21 heavy (non-hydrogen) atoms. The van der Waals surface area contributed by atoms with Crippen molar-refractivity contribution in [2.75, 3.05) is 10.7 Å². The minimum Gasteiger partial charge on any atom is -0.344 e. The maximum Gasteiger partial charge on any atom is 0.256 e. The fourth-order valence-corrected chi connectivity index (χ4v) is 3.04. The van der Waals surface area contributed by atoms with E-state index in [2.05, 4.69) is 5.32 Å². The lowest BCUT2D eigenvalue weighted by Gasteiger charge is -2.32. The average molecular weight is 334 g/mol. The van der Waals surface area contributed by atoms with Crippen molar-refractivity contribution in [1.82, 2.24) is 5.32 Å². The third-order valence-corrected chi connectivity index (χ3v) is 4.16. The monoisotopic (exact) mass is 334 g/mol. The number of anilines is 1. The number of thiocarbonyl (C=S) groups is 1. The van der Waals surface area contributed by atoms with Gasteiger partial charge >= 0.3 is 0 Å². The molecule has 1 aliphatic heterocycles. The minimum atomic E-state index is -1.50. The fraction of sp³-hybridized carbons (Fsp3) is 0.250. The summed E-state index contributed by atoms with van der Waals surface area (Å²) in [5, 5.41) is 2.36. The normalized spacial score (nSPS) is 18.9. The van der Waals surface area contributed by atoms with Crippen LogP contribution in [-0.2, 0) is 9.59 Å². The highest BCUT2D eigenvalue weighted by atomic mass is 32.2. The Morgan fingerprint density at radius 3 is 2.62 bits per heavy atom. The number of thioether (sulfide) groups is 1. The number of hydrogen-bond acceptors (Lipinski definition) is 4. The molecule has 1 aromatic rings. The van der Waals surface area contributed by atoms with E-state index in [4.69, 9.17) is 12.2 Å². The van der Waals surface area contributed by atoms with E-state index in [1.54, 1.807) is 0 Å². The molecule has 1 fully saturated rings. The molecule has 1 N–H and O–H groups in total. The lowest BCUT2D eigenvalue weighted by Crippen LogP contribution is -2.54. The van der Waals surface area contributed by atoms with E-state index in [9.17, 15) is 22.8 Å². The number of halogens is 3. The van der Waals surface area contributed by atoms with Gasteiger partial charge in [-0.3, -0.25) is 14.5 Å². The lowest BCUT2D eigenvalue weighted by molar-refractivity contribution is -0.125. The second-order valence-corrected chi connectivity index (χ2v) is 5.85. The lowest BCUT2D eigenvalue weighted by atomic mass is 10.2. The number of amides is 2. The summed E-state index contributed by atoms with van der Waals surface area (Å²) in [4.78, 5) is 23.9. The van der Waals surface area contributed by atoms with E-state index >= 15 is 0 Å². The largest absolute Gasteiger partial charge is 0.344 e. The summed E-state index contributed by atoms with van der Waals surface area (Å²) in [6, 6.07) is 0.335. The molecule has 0 aromatic heterocycles. The third kappa shape index (κ3) is 3.03. The van der Waals surface area contributed by atoms with E-state index < -0.39 is 41.0 Å². The summed E-state index contributed by atoms with van der Waals surface area (Å²) in [7, 11) is 0. The first-order valence-electron chi connectivity index (χ1n) is 5.74. The molecule has 112 valence electrons. The van der Waals surface area contributed by atoms with Gasteiger partial charge in [-0.05, 0) is 12.1 Å². The van der Waals surface area contributed by atoms with E-state index in [-0.39, 0.29) is 10.1 Å². The zero-order chi connectivity index (χ0) is 15.7. The van der Waals surface area contributed by atoms with Gasteiger partial charge in [0.05, 0.1) is 0 Å². The summed E-state index contributed by atoms with van der Waals surface area (Å²) in [6.45, 7) is 1.21. The molecule has 2 rings (SSSR count). The van der Waals surface area contributed by atoms with Gasteiger partial charge in [-0.1, -0.05) is 24.0 Å². The molecule has 1 aromatic carbocycles. The third-order valence-electron chi connectivity index (χ3n) is 2.70. The summed E-state index contributed by atoms with van der Waals surface area (Å²) in [5.74, 6) is -5.05. The van der Waals surface area contributed by atoms with Crippen LogP contribution < -0.4 is 10.2 Å². The van der Waals surface area contributed by atoms with Crippen molar-refractivity contribution < 1.29 is 22.8 Å². The molecule has 0 radical (unpaired) electrons. The van der Waals surface area contributed by atoms with E-state index in [0.29, 0.717) is 17.0 Å². The highest BCUT2D eigenvalue weighted by molar-refractivity contribution is 8.23. The van der Waals surface area contributed by atoms with Crippen LogP contribution in [0.2, 0.25) is 0 Å². The van der Waals surface area contributed by atoms with Crippen molar-refractivity contribution >= 4 is 45.8 Å². The van der Waals surface area contributed by atoms with Gasteiger partial charge in [0, 0.05) is 12.7 Å². The molecule has 0 aliphatic carbocycles. The van der Waals surface area contributed by atoms with Crippen LogP contribution in [0.3, 0.4) is 0 Å². The van der Waals surface area contributed by atoms with Crippen molar-refractivity contribution in [3.05, 3.63) is 29.6 Å². The number of benzene rings is 1. The van der Waals surface area contributed by atoms with Crippen molar-refractivity contribution in [3.8, 4) is 0 Å². The maximum absolute atomic E-state index is 13.8. The Labute approximate surface area is 127 Å². The van der Waals surface area contributed by atoms with Gasteiger partial charge in [0.15, 0.2) is 17.5 Å². The molecular formula is C12H9F3N2O2S2. The number of rotatable bonds is 2. The van der Waals surface area contributed by atoms with E-state index in [0.717, 1.165) is 11.8 Å². The predicted octanol–water partition coefficient (Wildman–Crippen LogP) is 1.97. The van der Waals surface area contributed by atoms with Crippen molar-refractivity contribution in [2.24, 2.45) is 0 Å². The standard InChI is InChI=1S/C12H9F3N2O2S2/c1-5(18)16-8-4-21-12(20)17(11(8)19)10-7(14)3-2-6(13)9(10)15/h2-3,8H,4H2,1H3,(H,16,18). The molecule has 4 nitrogen and oxygen atoms in total. The number of hydrogen-bond donors (Lipinski definition) is 1. The molecule has 0 bridgehead atoms. The zero-order valence-corrected chi connectivity index (χ0v) is 12.3. The summed E-state index contributed by atoms with van der Waals surface area (Å²) in [5.41, 5.74) is -0.868. The average Bonchev–Trinajstić information content (AvgIpc) is 2.41. The molecule has 9 heteroatoms. The first kappa shape index (κ1) is 15.8. The molecule has 1 unspecified atom stereocenters. The number of carbonyl (C=O) groups excluding carboxylic acids is 2.